The summed E-state index contributed by atoms with van der Waals surface area (Å²) < 4.78 is 12.8. The normalized spacial score (nSPS) is 11.1. The van der Waals surface area contributed by atoms with Crippen LogP contribution in [0.25, 0.3) is 16.6 Å². The van der Waals surface area contributed by atoms with Gasteiger partial charge >= 0.3 is 0 Å². The highest BCUT2D eigenvalue weighted by Gasteiger charge is 2.16. The number of para-hydroxylation sites is 2. The topological polar surface area (TPSA) is 62.1 Å². The van der Waals surface area contributed by atoms with Gasteiger partial charge in [-0.25, -0.2) is 4.68 Å². The predicted molar refractivity (Wildman–Crippen MR) is 95.2 cm³/mol. The molecule has 126 valence electrons. The second-order valence-corrected chi connectivity index (χ2v) is 6.21. The van der Waals surface area contributed by atoms with Crippen LogP contribution < -0.4 is 4.74 Å². The van der Waals surface area contributed by atoms with E-state index in [9.17, 15) is 0 Å². The molecule has 0 unspecified atom stereocenters. The highest BCUT2D eigenvalue weighted by Crippen LogP contribution is 2.31. The van der Waals surface area contributed by atoms with E-state index >= 15 is 0 Å². The average Bonchev–Trinajstić information content (AvgIpc) is 3.06. The molecule has 3 rings (SSSR count). The van der Waals surface area contributed by atoms with Crippen molar-refractivity contribution in [1.29, 1.82) is 0 Å². The van der Waals surface area contributed by atoms with Gasteiger partial charge in [-0.3, -0.25) is 0 Å². The number of aromatic nitrogens is 4. The van der Waals surface area contributed by atoms with E-state index in [1.54, 1.807) is 18.9 Å². The van der Waals surface area contributed by atoms with Gasteiger partial charge in [0.25, 0.3) is 0 Å². The maximum atomic E-state index is 5.48. The van der Waals surface area contributed by atoms with E-state index in [1.807, 2.05) is 49.0 Å². The van der Waals surface area contributed by atoms with E-state index in [4.69, 9.17) is 9.47 Å². The first-order chi connectivity index (χ1) is 11.8. The van der Waals surface area contributed by atoms with Crippen LogP contribution in [0, 0.1) is 6.92 Å². The van der Waals surface area contributed by atoms with Crippen LogP contribution in [0.2, 0.25) is 0 Å². The zero-order chi connectivity index (χ0) is 16.9. The lowest BCUT2D eigenvalue weighted by Gasteiger charge is -2.11. The minimum Gasteiger partial charge on any atom is -0.494 e. The highest BCUT2D eigenvalue weighted by molar-refractivity contribution is 7.99. The first-order valence-electron chi connectivity index (χ1n) is 7.81. The quantitative estimate of drug-likeness (QED) is 0.484. The van der Waals surface area contributed by atoms with Crippen LogP contribution in [0.4, 0.5) is 0 Å². The molecule has 1 aromatic carbocycles. The molecule has 0 aliphatic rings. The van der Waals surface area contributed by atoms with Gasteiger partial charge in [0.1, 0.15) is 22.0 Å². The van der Waals surface area contributed by atoms with E-state index < -0.39 is 0 Å². The SMILES string of the molecule is CCOCCSc1nnc(C)c2cnn(-c3ccccc3OC)c12. The summed E-state index contributed by atoms with van der Waals surface area (Å²) in [6, 6.07) is 7.81. The first-order valence-corrected chi connectivity index (χ1v) is 8.79. The van der Waals surface area contributed by atoms with Crippen molar-refractivity contribution in [2.75, 3.05) is 26.1 Å². The lowest BCUT2D eigenvalue weighted by molar-refractivity contribution is 0.164. The Hall–Kier alpha value is -2.12. The third-order valence-electron chi connectivity index (χ3n) is 3.64. The molecule has 0 spiro atoms. The minimum atomic E-state index is 0.682. The zero-order valence-corrected chi connectivity index (χ0v) is 14.8. The largest absolute Gasteiger partial charge is 0.494 e. The molecule has 0 radical (unpaired) electrons. The lowest BCUT2D eigenvalue weighted by Crippen LogP contribution is -2.03. The summed E-state index contributed by atoms with van der Waals surface area (Å²) in [4.78, 5) is 0. The predicted octanol–water partition coefficient (Wildman–Crippen LogP) is 3.26. The Balaban J connectivity index is 2.07. The van der Waals surface area contributed by atoms with Gasteiger partial charge < -0.3 is 9.47 Å². The molecular weight excluding hydrogens is 324 g/mol. The van der Waals surface area contributed by atoms with Crippen LogP contribution in [0.15, 0.2) is 35.5 Å². The fourth-order valence-electron chi connectivity index (χ4n) is 2.47. The van der Waals surface area contributed by atoms with E-state index in [0.29, 0.717) is 13.2 Å². The fourth-order valence-corrected chi connectivity index (χ4v) is 3.29. The standard InChI is InChI=1S/C17H20N4O2S/c1-4-23-9-10-24-17-16-13(12(2)19-20-17)11-18-21(16)14-7-5-6-8-15(14)22-3/h5-8,11H,4,9-10H2,1-3H3. The number of ether oxygens (including phenoxy) is 2. The molecule has 3 aromatic rings. The Bertz CT molecular complexity index is 835. The molecule has 0 N–H and O–H groups in total. The summed E-state index contributed by atoms with van der Waals surface area (Å²) in [5.74, 6) is 1.58. The molecule has 0 aliphatic carbocycles. The average molecular weight is 344 g/mol. The minimum absolute atomic E-state index is 0.682. The number of methoxy groups -OCH3 is 1. The monoisotopic (exact) mass is 344 g/mol. The molecule has 0 aliphatic heterocycles. The summed E-state index contributed by atoms with van der Waals surface area (Å²) >= 11 is 1.63. The molecule has 0 amide bonds. The van der Waals surface area contributed by atoms with Gasteiger partial charge in [-0.15, -0.1) is 5.10 Å². The van der Waals surface area contributed by atoms with Crippen LogP contribution in [-0.2, 0) is 4.74 Å². The molecule has 7 heteroatoms. The number of fused-ring (bicyclic) bond motifs is 1. The fraction of sp³-hybridized carbons (Fsp3) is 0.353. The van der Waals surface area contributed by atoms with Gasteiger partial charge in [0.15, 0.2) is 0 Å². The van der Waals surface area contributed by atoms with Gasteiger partial charge in [-0.05, 0) is 26.0 Å². The number of rotatable bonds is 7. The number of hydrogen-bond acceptors (Lipinski definition) is 6. The summed E-state index contributed by atoms with van der Waals surface area (Å²) in [5.41, 5.74) is 2.70. The molecule has 0 atom stereocenters. The van der Waals surface area contributed by atoms with Crippen LogP contribution in [0.3, 0.4) is 0 Å². The summed E-state index contributed by atoms with van der Waals surface area (Å²) in [5, 5.41) is 15.0. The van der Waals surface area contributed by atoms with Crippen molar-refractivity contribution < 1.29 is 9.47 Å². The maximum absolute atomic E-state index is 5.48. The van der Waals surface area contributed by atoms with Crippen molar-refractivity contribution in [2.24, 2.45) is 0 Å². The van der Waals surface area contributed by atoms with Crippen LogP contribution in [-0.4, -0.2) is 46.1 Å². The van der Waals surface area contributed by atoms with Crippen molar-refractivity contribution in [3.05, 3.63) is 36.2 Å². The lowest BCUT2D eigenvalue weighted by atomic mass is 10.2. The van der Waals surface area contributed by atoms with Crippen LogP contribution in [0.5, 0.6) is 5.75 Å². The molecule has 24 heavy (non-hydrogen) atoms. The van der Waals surface area contributed by atoms with Crippen LogP contribution >= 0.6 is 11.8 Å². The second kappa shape index (κ2) is 7.63. The summed E-state index contributed by atoms with van der Waals surface area (Å²) in [7, 11) is 1.66. The molecule has 0 saturated carbocycles. The van der Waals surface area contributed by atoms with E-state index in [0.717, 1.165) is 38.8 Å². The Morgan fingerprint density at radius 1 is 1.21 bits per heavy atom. The Kier molecular flexibility index (Phi) is 5.32. The van der Waals surface area contributed by atoms with E-state index in [-0.39, 0.29) is 0 Å². The molecule has 2 aromatic heterocycles. The van der Waals surface area contributed by atoms with E-state index in [1.165, 1.54) is 0 Å². The molecule has 2 heterocycles. The van der Waals surface area contributed by atoms with Gasteiger partial charge in [-0.2, -0.15) is 10.2 Å². The van der Waals surface area contributed by atoms with E-state index in [2.05, 4.69) is 15.3 Å². The van der Waals surface area contributed by atoms with Gasteiger partial charge in [0.05, 0.1) is 25.6 Å². The number of hydrogen-bond donors (Lipinski definition) is 0. The molecule has 0 bridgehead atoms. The molecule has 6 nitrogen and oxygen atoms in total. The number of thioether (sulfide) groups is 1. The van der Waals surface area contributed by atoms with Crippen molar-refractivity contribution in [1.82, 2.24) is 20.0 Å². The van der Waals surface area contributed by atoms with Gasteiger partial charge in [0, 0.05) is 17.7 Å². The Morgan fingerprint density at radius 3 is 2.83 bits per heavy atom. The van der Waals surface area contributed by atoms with Crippen molar-refractivity contribution >= 4 is 22.7 Å². The molecular formula is C17H20N4O2S. The molecule has 0 saturated heterocycles. The number of benzene rings is 1. The summed E-state index contributed by atoms with van der Waals surface area (Å²) in [6.07, 6.45) is 1.83. The van der Waals surface area contributed by atoms with Crippen molar-refractivity contribution in [3.8, 4) is 11.4 Å². The van der Waals surface area contributed by atoms with Crippen molar-refractivity contribution in [3.63, 3.8) is 0 Å². The highest BCUT2D eigenvalue weighted by atomic mass is 32.2. The Morgan fingerprint density at radius 2 is 2.04 bits per heavy atom. The Labute approximate surface area is 145 Å². The number of aryl methyl sites for hydroxylation is 1. The van der Waals surface area contributed by atoms with Gasteiger partial charge in [0.2, 0.25) is 0 Å². The first kappa shape index (κ1) is 16.7. The summed E-state index contributed by atoms with van der Waals surface area (Å²) in [6.45, 7) is 5.33. The third-order valence-corrected chi connectivity index (χ3v) is 4.56. The third kappa shape index (κ3) is 3.22. The smallest absolute Gasteiger partial charge is 0.145 e. The molecule has 0 fully saturated rings. The second-order valence-electron chi connectivity index (χ2n) is 5.13. The van der Waals surface area contributed by atoms with Crippen LogP contribution in [0.1, 0.15) is 12.6 Å². The maximum Gasteiger partial charge on any atom is 0.145 e. The van der Waals surface area contributed by atoms with Gasteiger partial charge in [-0.1, -0.05) is 23.9 Å². The zero-order valence-electron chi connectivity index (χ0n) is 14.0. The van der Waals surface area contributed by atoms with Crippen molar-refractivity contribution in [2.45, 2.75) is 18.9 Å². The number of nitrogens with zero attached hydrogens (tertiary/aromatic N) is 4.